The fourth-order valence-corrected chi connectivity index (χ4v) is 2.26. The Morgan fingerprint density at radius 3 is 2.74 bits per heavy atom. The van der Waals surface area contributed by atoms with Gasteiger partial charge >= 0.3 is 0 Å². The van der Waals surface area contributed by atoms with Crippen LogP contribution in [-0.4, -0.2) is 41.7 Å². The third kappa shape index (κ3) is 7.99. The first-order valence-electron chi connectivity index (χ1n) is 11.0. The Morgan fingerprint density at radius 2 is 2.04 bits per heavy atom. The molecule has 2 aromatic carbocycles. The van der Waals surface area contributed by atoms with Crippen LogP contribution in [0.15, 0.2) is 48.5 Å². The molecule has 0 bridgehead atoms. The molecule has 1 atom stereocenters. The quantitative estimate of drug-likeness (QED) is 0.506. The summed E-state index contributed by atoms with van der Waals surface area (Å²) in [6, 6.07) is 12.8. The number of aromatic hydroxyl groups is 1. The van der Waals surface area contributed by atoms with Gasteiger partial charge in [0.2, 0.25) is 0 Å². The number of aliphatic hydroxyl groups is 1. The van der Waals surface area contributed by atoms with Crippen molar-refractivity contribution in [1.82, 2.24) is 5.32 Å². The van der Waals surface area contributed by atoms with Crippen LogP contribution >= 0.6 is 12.4 Å². The summed E-state index contributed by atoms with van der Waals surface area (Å²) in [6.45, 7) is -4.28. The Hall–Kier alpha value is -2.08. The minimum absolute atomic E-state index is 0. The van der Waals surface area contributed by atoms with Crippen molar-refractivity contribution in [2.45, 2.75) is 32.3 Å². The normalized spacial score (nSPS) is 16.4. The van der Waals surface area contributed by atoms with Crippen molar-refractivity contribution < 1.29 is 26.6 Å². The van der Waals surface area contributed by atoms with E-state index in [4.69, 9.17) is 11.6 Å². The van der Waals surface area contributed by atoms with Gasteiger partial charge in [0.05, 0.1) is 9.68 Å². The second kappa shape index (κ2) is 12.3. The second-order valence-electron chi connectivity index (χ2n) is 5.69. The average Bonchev–Trinajstić information content (AvgIpc) is 2.71. The molecule has 0 amide bonds. The SMILES string of the molecule is Cl.[2H]C([2H])(NCCC)C([2H])(O)C([2H])([2H])Oc1cc(O)ccc1C(=O)CCc1ccccc1. The summed E-state index contributed by atoms with van der Waals surface area (Å²) >= 11 is 0. The minimum atomic E-state index is -3.37. The van der Waals surface area contributed by atoms with Crippen LogP contribution < -0.4 is 10.1 Å². The highest BCUT2D eigenvalue weighted by Gasteiger charge is 2.15. The number of carbonyl (C=O) groups is 1. The molecule has 148 valence electrons. The van der Waals surface area contributed by atoms with Gasteiger partial charge in [0.15, 0.2) is 5.78 Å². The van der Waals surface area contributed by atoms with Crippen LogP contribution in [0.1, 0.15) is 42.5 Å². The first kappa shape index (κ1) is 15.9. The predicted octanol–water partition coefficient (Wildman–Crippen LogP) is 3.37. The summed E-state index contributed by atoms with van der Waals surface area (Å²) in [7, 11) is 0. The van der Waals surface area contributed by atoms with E-state index in [0.717, 1.165) is 11.6 Å². The molecule has 0 spiro atoms. The zero-order valence-corrected chi connectivity index (χ0v) is 15.9. The molecule has 5 nitrogen and oxygen atoms in total. The largest absolute Gasteiger partial charge is 0.508 e. The number of rotatable bonds is 11. The Balaban J connectivity index is 0.00000512. The second-order valence-corrected chi connectivity index (χ2v) is 5.69. The lowest BCUT2D eigenvalue weighted by Gasteiger charge is -2.15. The summed E-state index contributed by atoms with van der Waals surface area (Å²) in [6.07, 6.45) is -2.37. The highest BCUT2D eigenvalue weighted by Crippen LogP contribution is 2.26. The van der Waals surface area contributed by atoms with Crippen molar-refractivity contribution in [3.05, 3.63) is 59.7 Å². The van der Waals surface area contributed by atoms with Crippen molar-refractivity contribution in [3.63, 3.8) is 0 Å². The molecule has 0 aliphatic rings. The van der Waals surface area contributed by atoms with E-state index >= 15 is 0 Å². The number of nitrogens with one attached hydrogen (secondary N) is 1. The molecule has 0 aliphatic carbocycles. The lowest BCUT2D eigenvalue weighted by atomic mass is 10.0. The van der Waals surface area contributed by atoms with Crippen LogP contribution in [0.2, 0.25) is 0 Å². The highest BCUT2D eigenvalue weighted by atomic mass is 35.5. The summed E-state index contributed by atoms with van der Waals surface area (Å²) in [5, 5.41) is 22.5. The van der Waals surface area contributed by atoms with E-state index in [0.29, 0.717) is 12.8 Å². The number of aryl methyl sites for hydroxylation is 1. The third-order valence-electron chi connectivity index (χ3n) is 3.59. The lowest BCUT2D eigenvalue weighted by molar-refractivity contribution is 0.0950. The molecular formula is C21H28ClNO4. The van der Waals surface area contributed by atoms with Crippen molar-refractivity contribution in [1.29, 1.82) is 0 Å². The molecule has 0 saturated heterocycles. The molecule has 1 unspecified atom stereocenters. The number of carbonyl (C=O) groups excluding carboxylic acids is 1. The molecule has 0 saturated carbocycles. The molecular weight excluding hydrogens is 366 g/mol. The summed E-state index contributed by atoms with van der Waals surface area (Å²) in [4.78, 5) is 12.7. The Kier molecular flexibility index (Phi) is 7.28. The van der Waals surface area contributed by atoms with Gasteiger partial charge in [0, 0.05) is 21.7 Å². The molecule has 3 N–H and O–H groups in total. The molecule has 6 heteroatoms. The van der Waals surface area contributed by atoms with E-state index in [1.807, 2.05) is 30.3 Å². The monoisotopic (exact) mass is 398 g/mol. The van der Waals surface area contributed by atoms with Gasteiger partial charge in [-0.1, -0.05) is 37.3 Å². The number of hydrogen-bond donors (Lipinski definition) is 3. The van der Waals surface area contributed by atoms with Crippen molar-refractivity contribution >= 4 is 18.2 Å². The molecule has 0 aliphatic heterocycles. The lowest BCUT2D eigenvalue weighted by Crippen LogP contribution is -2.32. The minimum Gasteiger partial charge on any atom is -0.508 e. The maximum absolute atomic E-state index is 12.7. The van der Waals surface area contributed by atoms with Gasteiger partial charge in [0.25, 0.3) is 0 Å². The van der Waals surface area contributed by atoms with Crippen LogP contribution in [0, 0.1) is 0 Å². The topological polar surface area (TPSA) is 78.8 Å². The maximum atomic E-state index is 12.7. The van der Waals surface area contributed by atoms with Crippen molar-refractivity contribution in [2.24, 2.45) is 0 Å². The first-order chi connectivity index (χ1) is 14.4. The van der Waals surface area contributed by atoms with Crippen LogP contribution in [0.25, 0.3) is 0 Å². The number of ketones is 1. The van der Waals surface area contributed by atoms with E-state index in [9.17, 15) is 15.0 Å². The highest BCUT2D eigenvalue weighted by molar-refractivity contribution is 5.99. The summed E-state index contributed by atoms with van der Waals surface area (Å²) in [5.74, 6) is -1.10. The zero-order valence-electron chi connectivity index (χ0n) is 20.1. The van der Waals surface area contributed by atoms with E-state index in [-0.39, 0.29) is 42.4 Å². The molecule has 0 fully saturated rings. The predicted molar refractivity (Wildman–Crippen MR) is 109 cm³/mol. The summed E-state index contributed by atoms with van der Waals surface area (Å²) < 4.78 is 44.9. The number of phenols is 1. The van der Waals surface area contributed by atoms with Gasteiger partial charge in [-0.25, -0.2) is 0 Å². The molecule has 2 aromatic rings. The average molecular weight is 399 g/mol. The van der Waals surface area contributed by atoms with E-state index in [1.54, 1.807) is 6.92 Å². The number of benzene rings is 2. The third-order valence-corrected chi connectivity index (χ3v) is 3.59. The maximum Gasteiger partial charge on any atom is 0.166 e. The fraction of sp³-hybridized carbons (Fsp3) is 0.381. The van der Waals surface area contributed by atoms with Crippen LogP contribution in [0.4, 0.5) is 0 Å². The van der Waals surface area contributed by atoms with Crippen molar-refractivity contribution in [2.75, 3.05) is 19.6 Å². The number of ether oxygens (including phenoxy) is 1. The van der Waals surface area contributed by atoms with E-state index in [1.165, 1.54) is 12.1 Å². The van der Waals surface area contributed by atoms with Crippen LogP contribution in [-0.2, 0) is 6.42 Å². The Bertz CT molecular complexity index is 897. The smallest absolute Gasteiger partial charge is 0.166 e. The van der Waals surface area contributed by atoms with Gasteiger partial charge < -0.3 is 20.3 Å². The Morgan fingerprint density at radius 1 is 1.30 bits per heavy atom. The van der Waals surface area contributed by atoms with Crippen LogP contribution in [0.3, 0.4) is 0 Å². The van der Waals surface area contributed by atoms with Crippen molar-refractivity contribution in [3.8, 4) is 11.5 Å². The van der Waals surface area contributed by atoms with Crippen LogP contribution in [0.5, 0.6) is 11.5 Å². The molecule has 0 heterocycles. The standard InChI is InChI=1S/C21H27NO4.ClH/c1-2-12-22-14-18(24)15-26-21-13-17(23)9-10-19(21)20(25)11-8-16-6-4-3-5-7-16;/h3-7,9-10,13,18,22-24H,2,8,11-12,14-15H2,1H3;1H/i14D2,15D2,18D;. The molecule has 0 aromatic heterocycles. The molecule has 0 radical (unpaired) electrons. The van der Waals surface area contributed by atoms with E-state index < -0.39 is 24.9 Å². The molecule has 2 rings (SSSR count). The fourth-order valence-electron chi connectivity index (χ4n) is 2.26. The van der Waals surface area contributed by atoms with Gasteiger partial charge in [-0.05, 0) is 37.1 Å². The number of phenolic OH excluding ortho intramolecular Hbond substituents is 1. The number of hydrogen-bond acceptors (Lipinski definition) is 5. The van der Waals surface area contributed by atoms with Gasteiger partial charge in [-0.2, -0.15) is 0 Å². The Labute approximate surface area is 173 Å². The zero-order chi connectivity index (χ0) is 23.3. The summed E-state index contributed by atoms with van der Waals surface area (Å²) in [5.41, 5.74) is 0.888. The first-order valence-corrected chi connectivity index (χ1v) is 8.48. The van der Waals surface area contributed by atoms with E-state index in [2.05, 4.69) is 5.32 Å². The van der Waals surface area contributed by atoms with Gasteiger partial charge in [-0.3, -0.25) is 4.79 Å². The molecule has 27 heavy (non-hydrogen) atoms. The van der Waals surface area contributed by atoms with Gasteiger partial charge in [0.1, 0.15) is 24.1 Å². The van der Waals surface area contributed by atoms with Gasteiger partial charge in [-0.15, -0.1) is 12.4 Å². The number of Topliss-reactive ketones (excluding diaryl/α,β-unsaturated/α-hetero) is 1. The number of halogens is 1.